The average Bonchev–Trinajstić information content (AvgIpc) is 2.71. The second kappa shape index (κ2) is 4.72. The molecule has 1 aromatic carbocycles. The van der Waals surface area contributed by atoms with Crippen LogP contribution in [0.3, 0.4) is 0 Å². The van der Waals surface area contributed by atoms with Crippen LogP contribution in [0.5, 0.6) is 0 Å². The smallest absolute Gasteiger partial charge is 0.266 e. The molecule has 0 spiro atoms. The molecule has 1 unspecified atom stereocenters. The highest BCUT2D eigenvalue weighted by molar-refractivity contribution is 7.89. The van der Waals surface area contributed by atoms with Gasteiger partial charge in [0.05, 0.1) is 4.90 Å². The van der Waals surface area contributed by atoms with Gasteiger partial charge in [0.25, 0.3) is 10.0 Å². The van der Waals surface area contributed by atoms with Crippen LogP contribution < -0.4 is 0 Å². The lowest BCUT2D eigenvalue weighted by Crippen LogP contribution is -2.33. The molecule has 1 aliphatic rings. The zero-order valence-corrected chi connectivity index (χ0v) is 11.4. The second-order valence-electron chi connectivity index (χ2n) is 4.62. The highest BCUT2D eigenvalue weighted by Crippen LogP contribution is 2.27. The standard InChI is InChI=1S/C13H17NO3S/c1-3-11-8-9-14(13(11)15)18(16,17)12-6-4-10(2)5-7-12/h4-7,11H,3,8-9H2,1-2H3. The minimum absolute atomic E-state index is 0.148. The average molecular weight is 267 g/mol. The molecule has 0 radical (unpaired) electrons. The van der Waals surface area contributed by atoms with Crippen LogP contribution in [0, 0.1) is 12.8 Å². The minimum atomic E-state index is -3.66. The summed E-state index contributed by atoms with van der Waals surface area (Å²) in [5.74, 6) is -0.414. The fourth-order valence-electron chi connectivity index (χ4n) is 2.17. The molecule has 1 atom stereocenters. The zero-order chi connectivity index (χ0) is 13.3. The van der Waals surface area contributed by atoms with Crippen LogP contribution in [0.4, 0.5) is 0 Å². The quantitative estimate of drug-likeness (QED) is 0.841. The summed E-state index contributed by atoms with van der Waals surface area (Å²) >= 11 is 0. The Bertz CT molecular complexity index is 548. The summed E-state index contributed by atoms with van der Waals surface area (Å²) in [4.78, 5) is 12.2. The first kappa shape index (κ1) is 13.1. The second-order valence-corrected chi connectivity index (χ2v) is 6.48. The van der Waals surface area contributed by atoms with E-state index in [-0.39, 0.29) is 16.7 Å². The molecular weight excluding hydrogens is 250 g/mol. The fraction of sp³-hybridized carbons (Fsp3) is 0.462. The van der Waals surface area contributed by atoms with Crippen molar-refractivity contribution in [3.05, 3.63) is 29.8 Å². The van der Waals surface area contributed by atoms with Crippen LogP contribution >= 0.6 is 0 Å². The van der Waals surface area contributed by atoms with Crippen molar-refractivity contribution < 1.29 is 13.2 Å². The number of hydrogen-bond donors (Lipinski definition) is 0. The van der Waals surface area contributed by atoms with Crippen molar-refractivity contribution in [3.63, 3.8) is 0 Å². The van der Waals surface area contributed by atoms with Gasteiger partial charge in [-0.1, -0.05) is 24.6 Å². The number of aryl methyl sites for hydroxylation is 1. The highest BCUT2D eigenvalue weighted by atomic mass is 32.2. The Morgan fingerprint density at radius 1 is 1.28 bits per heavy atom. The maximum Gasteiger partial charge on any atom is 0.266 e. The van der Waals surface area contributed by atoms with Gasteiger partial charge in [0, 0.05) is 12.5 Å². The van der Waals surface area contributed by atoms with Gasteiger partial charge in [0.2, 0.25) is 5.91 Å². The normalized spacial score (nSPS) is 20.4. The van der Waals surface area contributed by atoms with Crippen molar-refractivity contribution in [3.8, 4) is 0 Å². The van der Waals surface area contributed by atoms with Crippen LogP contribution in [0.1, 0.15) is 25.3 Å². The van der Waals surface area contributed by atoms with E-state index in [1.54, 1.807) is 24.3 Å². The Labute approximate surface area is 108 Å². The van der Waals surface area contributed by atoms with Crippen molar-refractivity contribution >= 4 is 15.9 Å². The van der Waals surface area contributed by atoms with E-state index in [0.29, 0.717) is 19.4 Å². The summed E-state index contributed by atoms with van der Waals surface area (Å²) in [6.45, 7) is 4.10. The molecule has 0 aromatic heterocycles. The number of benzene rings is 1. The van der Waals surface area contributed by atoms with Gasteiger partial charge in [-0.05, 0) is 31.9 Å². The molecule has 0 aliphatic carbocycles. The number of carbonyl (C=O) groups excluding carboxylic acids is 1. The summed E-state index contributed by atoms with van der Waals surface area (Å²) in [7, 11) is -3.66. The fourth-order valence-corrected chi connectivity index (χ4v) is 3.63. The molecular formula is C13H17NO3S. The Morgan fingerprint density at radius 2 is 1.89 bits per heavy atom. The summed E-state index contributed by atoms with van der Waals surface area (Å²) in [5.41, 5.74) is 0.994. The van der Waals surface area contributed by atoms with E-state index in [4.69, 9.17) is 0 Å². The van der Waals surface area contributed by atoms with Crippen molar-refractivity contribution in [2.24, 2.45) is 5.92 Å². The van der Waals surface area contributed by atoms with Crippen molar-refractivity contribution in [1.29, 1.82) is 0 Å². The largest absolute Gasteiger partial charge is 0.273 e. The number of sulfonamides is 1. The van der Waals surface area contributed by atoms with Gasteiger partial charge in [-0.25, -0.2) is 12.7 Å². The Morgan fingerprint density at radius 3 is 2.39 bits per heavy atom. The third-order valence-electron chi connectivity index (χ3n) is 3.38. The molecule has 0 saturated carbocycles. The summed E-state index contributed by atoms with van der Waals surface area (Å²) in [5, 5.41) is 0. The number of amides is 1. The first-order chi connectivity index (χ1) is 8.46. The predicted octanol–water partition coefficient (Wildman–Crippen LogP) is 1.94. The van der Waals surface area contributed by atoms with Crippen molar-refractivity contribution in [2.45, 2.75) is 31.6 Å². The third kappa shape index (κ3) is 2.14. The predicted molar refractivity (Wildman–Crippen MR) is 68.5 cm³/mol. The maximum absolute atomic E-state index is 12.3. The topological polar surface area (TPSA) is 54.5 Å². The molecule has 1 amide bonds. The monoisotopic (exact) mass is 267 g/mol. The van der Waals surface area contributed by atoms with Gasteiger partial charge in [0.15, 0.2) is 0 Å². The van der Waals surface area contributed by atoms with E-state index in [1.807, 2.05) is 13.8 Å². The van der Waals surface area contributed by atoms with E-state index < -0.39 is 10.0 Å². The first-order valence-corrected chi connectivity index (χ1v) is 7.54. The van der Waals surface area contributed by atoms with Gasteiger partial charge in [-0.15, -0.1) is 0 Å². The molecule has 1 saturated heterocycles. The molecule has 4 nitrogen and oxygen atoms in total. The number of rotatable bonds is 3. The molecule has 2 rings (SSSR count). The van der Waals surface area contributed by atoms with E-state index in [1.165, 1.54) is 0 Å². The molecule has 0 N–H and O–H groups in total. The van der Waals surface area contributed by atoms with Gasteiger partial charge in [0.1, 0.15) is 0 Å². The van der Waals surface area contributed by atoms with E-state index >= 15 is 0 Å². The van der Waals surface area contributed by atoms with E-state index in [2.05, 4.69) is 0 Å². The van der Waals surface area contributed by atoms with Crippen molar-refractivity contribution in [1.82, 2.24) is 4.31 Å². The Hall–Kier alpha value is -1.36. The third-order valence-corrected chi connectivity index (χ3v) is 5.19. The van der Waals surface area contributed by atoms with E-state index in [9.17, 15) is 13.2 Å². The molecule has 18 heavy (non-hydrogen) atoms. The molecule has 1 heterocycles. The summed E-state index contributed by atoms with van der Waals surface area (Å²) in [6, 6.07) is 6.59. The SMILES string of the molecule is CCC1CCN(S(=O)(=O)c2ccc(C)cc2)C1=O. The lowest BCUT2D eigenvalue weighted by molar-refractivity contribution is -0.127. The Balaban J connectivity index is 2.33. The van der Waals surface area contributed by atoms with Crippen molar-refractivity contribution in [2.75, 3.05) is 6.54 Å². The minimum Gasteiger partial charge on any atom is -0.273 e. The van der Waals surface area contributed by atoms with Crippen LogP contribution in [0.2, 0.25) is 0 Å². The van der Waals surface area contributed by atoms with Gasteiger partial charge >= 0.3 is 0 Å². The summed E-state index contributed by atoms with van der Waals surface area (Å²) in [6.07, 6.45) is 1.32. The first-order valence-electron chi connectivity index (χ1n) is 6.10. The van der Waals surface area contributed by atoms with E-state index in [0.717, 1.165) is 9.87 Å². The molecule has 1 fully saturated rings. The molecule has 1 aromatic rings. The number of carbonyl (C=O) groups is 1. The maximum atomic E-state index is 12.3. The van der Waals surface area contributed by atoms with Crippen LogP contribution in [-0.2, 0) is 14.8 Å². The number of nitrogens with zero attached hydrogens (tertiary/aromatic N) is 1. The highest BCUT2D eigenvalue weighted by Gasteiger charge is 2.38. The van der Waals surface area contributed by atoms with Crippen LogP contribution in [0.25, 0.3) is 0 Å². The van der Waals surface area contributed by atoms with Gasteiger partial charge < -0.3 is 0 Å². The van der Waals surface area contributed by atoms with Gasteiger partial charge in [-0.3, -0.25) is 4.79 Å². The lowest BCUT2D eigenvalue weighted by atomic mass is 10.1. The lowest BCUT2D eigenvalue weighted by Gasteiger charge is -2.17. The summed E-state index contributed by atoms with van der Waals surface area (Å²) < 4.78 is 25.7. The zero-order valence-electron chi connectivity index (χ0n) is 10.6. The van der Waals surface area contributed by atoms with Crippen LogP contribution in [0.15, 0.2) is 29.2 Å². The molecule has 5 heteroatoms. The molecule has 98 valence electrons. The molecule has 0 bridgehead atoms. The molecule has 1 aliphatic heterocycles. The van der Waals surface area contributed by atoms with Gasteiger partial charge in [-0.2, -0.15) is 0 Å². The number of hydrogen-bond acceptors (Lipinski definition) is 3. The van der Waals surface area contributed by atoms with Crippen LogP contribution in [-0.4, -0.2) is 25.2 Å². The Kier molecular flexibility index (Phi) is 3.43.